The summed E-state index contributed by atoms with van der Waals surface area (Å²) in [5.74, 6) is -2.37. The Bertz CT molecular complexity index is 626. The second-order valence-corrected chi connectivity index (χ2v) is 3.95. The summed E-state index contributed by atoms with van der Waals surface area (Å²) in [7, 11) is 1.75. The van der Waals surface area contributed by atoms with Gasteiger partial charge in [-0.25, -0.2) is 14.0 Å². The lowest BCUT2D eigenvalue weighted by Crippen LogP contribution is -1.97. The van der Waals surface area contributed by atoms with Crippen LogP contribution in [0.25, 0.3) is 0 Å². The summed E-state index contributed by atoms with van der Waals surface area (Å²) in [5, 5.41) is 19.8. The van der Waals surface area contributed by atoms with Crippen LogP contribution in [0.5, 0.6) is 0 Å². The first-order chi connectivity index (χ1) is 9.93. The molecule has 0 unspecified atom stereocenters. The van der Waals surface area contributed by atoms with E-state index in [4.69, 9.17) is 10.2 Å². The molecule has 3 N–H and O–H groups in total. The summed E-state index contributed by atoms with van der Waals surface area (Å²) in [5.41, 5.74) is 1.21. The predicted molar refractivity (Wildman–Crippen MR) is 76.3 cm³/mol. The normalized spacial score (nSPS) is 9.24. The lowest BCUT2D eigenvalue weighted by Gasteiger charge is -1.99. The van der Waals surface area contributed by atoms with Gasteiger partial charge >= 0.3 is 11.9 Å². The number of hydrogen-bond acceptors (Lipinski definition) is 3. The molecule has 0 spiro atoms. The molecular formula is C15H14FNO4. The maximum Gasteiger partial charge on any atom is 0.335 e. The molecule has 0 aromatic heterocycles. The summed E-state index contributed by atoms with van der Waals surface area (Å²) >= 11 is 0. The summed E-state index contributed by atoms with van der Waals surface area (Å²) in [6, 6.07) is 11.3. The van der Waals surface area contributed by atoms with E-state index in [2.05, 4.69) is 5.32 Å². The monoisotopic (exact) mass is 291 g/mol. The molecule has 2 rings (SSSR count). The number of hydrogen-bond donors (Lipinski definition) is 3. The molecule has 0 aliphatic heterocycles. The van der Waals surface area contributed by atoms with Gasteiger partial charge in [-0.05, 0) is 42.5 Å². The van der Waals surface area contributed by atoms with Crippen LogP contribution in [0, 0.1) is 5.82 Å². The Morgan fingerprint density at radius 2 is 1.52 bits per heavy atom. The van der Waals surface area contributed by atoms with Gasteiger partial charge in [0, 0.05) is 12.7 Å². The standard InChI is InChI=1S/C8H9NO2.C7H5FO2/c1-9-7-4-2-3-6(5-7)8(10)11;8-6-3-1-5(2-4-6)7(9)10/h2-5,9H,1H3,(H,10,11);1-4H,(H,9,10). The summed E-state index contributed by atoms with van der Waals surface area (Å²) < 4.78 is 12.2. The molecule has 0 radical (unpaired) electrons. The van der Waals surface area contributed by atoms with E-state index in [9.17, 15) is 14.0 Å². The minimum absolute atomic E-state index is 0.0985. The first kappa shape index (κ1) is 16.2. The molecule has 110 valence electrons. The van der Waals surface area contributed by atoms with Gasteiger partial charge in [0.15, 0.2) is 0 Å². The number of nitrogens with one attached hydrogen (secondary N) is 1. The van der Waals surface area contributed by atoms with Gasteiger partial charge in [0.05, 0.1) is 11.1 Å². The van der Waals surface area contributed by atoms with Crippen molar-refractivity contribution in [2.24, 2.45) is 0 Å². The van der Waals surface area contributed by atoms with Crippen LogP contribution in [0.3, 0.4) is 0 Å². The molecule has 2 aromatic rings. The zero-order chi connectivity index (χ0) is 15.8. The molecule has 0 aliphatic carbocycles. The van der Waals surface area contributed by atoms with E-state index in [0.717, 1.165) is 17.8 Å². The fourth-order valence-electron chi connectivity index (χ4n) is 1.40. The van der Waals surface area contributed by atoms with E-state index < -0.39 is 17.8 Å². The fourth-order valence-corrected chi connectivity index (χ4v) is 1.40. The van der Waals surface area contributed by atoms with Crippen molar-refractivity contribution in [1.29, 1.82) is 0 Å². The highest BCUT2D eigenvalue weighted by Gasteiger charge is 2.01. The van der Waals surface area contributed by atoms with E-state index in [1.807, 2.05) is 6.07 Å². The molecule has 0 saturated carbocycles. The van der Waals surface area contributed by atoms with Crippen LogP contribution in [-0.4, -0.2) is 29.2 Å². The number of benzene rings is 2. The van der Waals surface area contributed by atoms with Crippen LogP contribution in [0.15, 0.2) is 48.5 Å². The van der Waals surface area contributed by atoms with Gasteiger partial charge in [0.25, 0.3) is 0 Å². The number of carboxylic acid groups (broad SMARTS) is 2. The van der Waals surface area contributed by atoms with Gasteiger partial charge in [-0.1, -0.05) is 6.07 Å². The van der Waals surface area contributed by atoms with Crippen molar-refractivity contribution in [2.45, 2.75) is 0 Å². The number of aromatic carboxylic acids is 2. The topological polar surface area (TPSA) is 86.6 Å². The molecular weight excluding hydrogens is 277 g/mol. The Balaban J connectivity index is 0.000000211. The molecule has 0 saturated heterocycles. The van der Waals surface area contributed by atoms with E-state index in [0.29, 0.717) is 5.56 Å². The second kappa shape index (κ2) is 7.64. The summed E-state index contributed by atoms with van der Waals surface area (Å²) in [6.45, 7) is 0. The second-order valence-electron chi connectivity index (χ2n) is 3.95. The smallest absolute Gasteiger partial charge is 0.335 e. The Morgan fingerprint density at radius 1 is 0.952 bits per heavy atom. The van der Waals surface area contributed by atoms with E-state index in [-0.39, 0.29) is 5.56 Å². The van der Waals surface area contributed by atoms with Gasteiger partial charge in [-0.15, -0.1) is 0 Å². The molecule has 6 heteroatoms. The Labute approximate surface area is 120 Å². The highest BCUT2D eigenvalue weighted by molar-refractivity contribution is 5.88. The van der Waals surface area contributed by atoms with Crippen molar-refractivity contribution in [3.8, 4) is 0 Å². The van der Waals surface area contributed by atoms with Crippen molar-refractivity contribution in [3.05, 3.63) is 65.5 Å². The average molecular weight is 291 g/mol. The summed E-state index contributed by atoms with van der Waals surface area (Å²) in [4.78, 5) is 20.6. The van der Waals surface area contributed by atoms with E-state index >= 15 is 0 Å². The fraction of sp³-hybridized carbons (Fsp3) is 0.0667. The van der Waals surface area contributed by atoms with Crippen LogP contribution < -0.4 is 5.32 Å². The van der Waals surface area contributed by atoms with Crippen LogP contribution >= 0.6 is 0 Å². The molecule has 0 atom stereocenters. The van der Waals surface area contributed by atoms with Crippen molar-refractivity contribution >= 4 is 17.6 Å². The van der Waals surface area contributed by atoms with Gasteiger partial charge < -0.3 is 15.5 Å². The molecule has 0 aliphatic rings. The van der Waals surface area contributed by atoms with Crippen molar-refractivity contribution in [1.82, 2.24) is 0 Å². The number of carboxylic acids is 2. The molecule has 0 fully saturated rings. The highest BCUT2D eigenvalue weighted by Crippen LogP contribution is 2.08. The Kier molecular flexibility index (Phi) is 5.88. The third-order valence-electron chi connectivity index (χ3n) is 2.49. The molecule has 5 nitrogen and oxygen atoms in total. The first-order valence-electron chi connectivity index (χ1n) is 5.94. The van der Waals surface area contributed by atoms with Crippen LogP contribution in [-0.2, 0) is 0 Å². The zero-order valence-electron chi connectivity index (χ0n) is 11.2. The molecule has 0 bridgehead atoms. The third-order valence-corrected chi connectivity index (χ3v) is 2.49. The van der Waals surface area contributed by atoms with Gasteiger partial charge in [0.1, 0.15) is 5.82 Å². The van der Waals surface area contributed by atoms with Crippen molar-refractivity contribution in [3.63, 3.8) is 0 Å². The number of anilines is 1. The van der Waals surface area contributed by atoms with Crippen LogP contribution in [0.4, 0.5) is 10.1 Å². The minimum atomic E-state index is -1.04. The maximum absolute atomic E-state index is 12.2. The van der Waals surface area contributed by atoms with E-state index in [1.54, 1.807) is 25.2 Å². The zero-order valence-corrected chi connectivity index (χ0v) is 11.2. The minimum Gasteiger partial charge on any atom is -0.478 e. The van der Waals surface area contributed by atoms with Gasteiger partial charge in [-0.2, -0.15) is 0 Å². The predicted octanol–water partition coefficient (Wildman–Crippen LogP) is 2.95. The van der Waals surface area contributed by atoms with E-state index in [1.165, 1.54) is 12.1 Å². The Morgan fingerprint density at radius 3 is 2.00 bits per heavy atom. The largest absolute Gasteiger partial charge is 0.478 e. The quantitative estimate of drug-likeness (QED) is 0.809. The molecule has 0 amide bonds. The first-order valence-corrected chi connectivity index (χ1v) is 5.94. The number of rotatable bonds is 3. The van der Waals surface area contributed by atoms with Crippen molar-refractivity contribution in [2.75, 3.05) is 12.4 Å². The SMILES string of the molecule is CNc1cccc(C(=O)O)c1.O=C(O)c1ccc(F)cc1. The summed E-state index contributed by atoms with van der Waals surface area (Å²) in [6.07, 6.45) is 0. The van der Waals surface area contributed by atoms with Crippen molar-refractivity contribution < 1.29 is 24.2 Å². The highest BCUT2D eigenvalue weighted by atomic mass is 19.1. The number of halogens is 1. The maximum atomic E-state index is 12.2. The van der Waals surface area contributed by atoms with Crippen LogP contribution in [0.1, 0.15) is 20.7 Å². The average Bonchev–Trinajstić information content (AvgIpc) is 2.48. The van der Waals surface area contributed by atoms with Gasteiger partial charge in [0.2, 0.25) is 0 Å². The van der Waals surface area contributed by atoms with Gasteiger partial charge in [-0.3, -0.25) is 0 Å². The molecule has 0 heterocycles. The lowest BCUT2D eigenvalue weighted by atomic mass is 10.2. The molecule has 2 aromatic carbocycles. The molecule has 21 heavy (non-hydrogen) atoms. The van der Waals surface area contributed by atoms with Crippen LogP contribution in [0.2, 0.25) is 0 Å². The number of carbonyl (C=O) groups is 2. The lowest BCUT2D eigenvalue weighted by molar-refractivity contribution is 0.0686. The Hall–Kier alpha value is -2.89. The third kappa shape index (κ3) is 5.32.